The maximum absolute atomic E-state index is 9.36. The van der Waals surface area contributed by atoms with Crippen LogP contribution in [0, 0.1) is 36.0 Å². The molecule has 2 rings (SSSR count). The molecule has 4 heteroatoms. The van der Waals surface area contributed by atoms with E-state index in [1.54, 1.807) is 0 Å². The van der Waals surface area contributed by atoms with Gasteiger partial charge in [0.25, 0.3) is 0 Å². The first-order valence-electron chi connectivity index (χ1n) is 13.2. The molecule has 1 N–H and O–H groups in total. The monoisotopic (exact) mass is 474 g/mol. The number of fused-ring (bicyclic) bond motifs is 1. The van der Waals surface area contributed by atoms with Gasteiger partial charge in [0.05, 0.1) is 12.2 Å². The summed E-state index contributed by atoms with van der Waals surface area (Å²) < 4.78 is 13.7. The lowest BCUT2D eigenvalue weighted by molar-refractivity contribution is 0.0426. The average Bonchev–Trinajstić information content (AvgIpc) is 3.12. The molecule has 6 atom stereocenters. The zero-order valence-corrected chi connectivity index (χ0v) is 23.7. The van der Waals surface area contributed by atoms with Gasteiger partial charge in [0.15, 0.2) is 8.32 Å². The number of aliphatic hydroxyl groups excluding tert-OH is 1. The van der Waals surface area contributed by atoms with Crippen molar-refractivity contribution in [3.8, 4) is 12.3 Å². The summed E-state index contributed by atoms with van der Waals surface area (Å²) in [6, 6.07) is 0. The van der Waals surface area contributed by atoms with Crippen LogP contribution in [0.5, 0.6) is 0 Å². The molecule has 0 aromatic carbocycles. The number of allylic oxidation sites excluding steroid dienone is 1. The first-order chi connectivity index (χ1) is 15.5. The molecule has 0 spiro atoms. The van der Waals surface area contributed by atoms with E-state index in [4.69, 9.17) is 15.6 Å². The zero-order valence-electron chi connectivity index (χ0n) is 22.7. The van der Waals surface area contributed by atoms with Crippen LogP contribution in [0.2, 0.25) is 16.6 Å². The Morgan fingerprint density at radius 2 is 1.82 bits per heavy atom. The molecule has 1 saturated heterocycles. The van der Waals surface area contributed by atoms with Gasteiger partial charge in [-0.15, -0.1) is 12.3 Å². The topological polar surface area (TPSA) is 38.7 Å². The van der Waals surface area contributed by atoms with Crippen LogP contribution in [-0.2, 0) is 9.16 Å². The number of terminal acetylenes is 1. The Morgan fingerprint density at radius 3 is 2.33 bits per heavy atom. The Labute approximate surface area is 205 Å². The lowest BCUT2D eigenvalue weighted by Gasteiger charge is -2.45. The second kappa shape index (κ2) is 12.2. The van der Waals surface area contributed by atoms with Gasteiger partial charge >= 0.3 is 0 Å². The van der Waals surface area contributed by atoms with Crippen LogP contribution in [0.25, 0.3) is 0 Å². The van der Waals surface area contributed by atoms with E-state index in [1.165, 1.54) is 11.1 Å². The number of aliphatic hydroxyl groups is 1. The van der Waals surface area contributed by atoms with E-state index in [-0.39, 0.29) is 18.8 Å². The molecule has 0 saturated carbocycles. The average molecular weight is 475 g/mol. The summed E-state index contributed by atoms with van der Waals surface area (Å²) in [5.41, 5.74) is 4.45. The molecular weight excluding hydrogens is 424 g/mol. The van der Waals surface area contributed by atoms with Crippen molar-refractivity contribution >= 4 is 8.32 Å². The van der Waals surface area contributed by atoms with Gasteiger partial charge < -0.3 is 14.3 Å². The third kappa shape index (κ3) is 5.86. The van der Waals surface area contributed by atoms with Crippen molar-refractivity contribution < 1.29 is 14.3 Å². The van der Waals surface area contributed by atoms with E-state index >= 15 is 0 Å². The first kappa shape index (κ1) is 28.4. The summed E-state index contributed by atoms with van der Waals surface area (Å²) in [6.45, 7) is 22.0. The molecule has 0 aromatic heterocycles. The van der Waals surface area contributed by atoms with Crippen molar-refractivity contribution in [2.24, 2.45) is 23.7 Å². The highest BCUT2D eigenvalue weighted by Gasteiger charge is 2.52. The van der Waals surface area contributed by atoms with Gasteiger partial charge in [-0.3, -0.25) is 0 Å². The molecule has 1 fully saturated rings. The highest BCUT2D eigenvalue weighted by atomic mass is 28.4. The minimum atomic E-state index is -1.90. The molecule has 1 aliphatic heterocycles. The molecule has 1 heterocycles. The van der Waals surface area contributed by atoms with Crippen molar-refractivity contribution in [2.75, 3.05) is 13.2 Å². The van der Waals surface area contributed by atoms with E-state index in [0.29, 0.717) is 53.1 Å². The molecule has 1 aliphatic carbocycles. The van der Waals surface area contributed by atoms with Crippen molar-refractivity contribution in [2.45, 2.75) is 110 Å². The number of rotatable bonds is 11. The zero-order chi connectivity index (χ0) is 24.9. The minimum Gasteiger partial charge on any atom is -0.416 e. The summed E-state index contributed by atoms with van der Waals surface area (Å²) >= 11 is 0. The van der Waals surface area contributed by atoms with Gasteiger partial charge in [-0.25, -0.2) is 0 Å². The van der Waals surface area contributed by atoms with Gasteiger partial charge in [0.2, 0.25) is 0 Å². The van der Waals surface area contributed by atoms with Crippen molar-refractivity contribution in [3.05, 3.63) is 23.3 Å². The van der Waals surface area contributed by atoms with E-state index in [1.807, 2.05) is 0 Å². The van der Waals surface area contributed by atoms with E-state index in [2.05, 4.69) is 80.4 Å². The largest absolute Gasteiger partial charge is 0.416 e. The van der Waals surface area contributed by atoms with Gasteiger partial charge in [-0.1, -0.05) is 66.2 Å². The van der Waals surface area contributed by atoms with Crippen LogP contribution in [0.1, 0.15) is 81.6 Å². The van der Waals surface area contributed by atoms with E-state index in [0.717, 1.165) is 13.0 Å². The number of hydrogen-bond acceptors (Lipinski definition) is 3. The summed E-state index contributed by atoms with van der Waals surface area (Å²) in [4.78, 5) is 0. The molecule has 0 aromatic rings. The van der Waals surface area contributed by atoms with Crippen LogP contribution in [0.3, 0.4) is 0 Å². The molecular formula is C29H50O3Si. The molecule has 0 radical (unpaired) electrons. The van der Waals surface area contributed by atoms with Crippen LogP contribution in [-0.4, -0.2) is 38.8 Å². The lowest BCUT2D eigenvalue weighted by atomic mass is 9.64. The van der Waals surface area contributed by atoms with Gasteiger partial charge in [-0.05, 0) is 60.7 Å². The molecule has 188 valence electrons. The fourth-order valence-corrected chi connectivity index (χ4v) is 12.7. The second-order valence-electron chi connectivity index (χ2n) is 11.5. The predicted molar refractivity (Wildman–Crippen MR) is 143 cm³/mol. The fourth-order valence-electron chi connectivity index (χ4n) is 7.12. The molecule has 3 nitrogen and oxygen atoms in total. The first-order valence-corrected chi connectivity index (χ1v) is 15.3. The van der Waals surface area contributed by atoms with Gasteiger partial charge in [0, 0.05) is 31.5 Å². The van der Waals surface area contributed by atoms with Crippen LogP contribution >= 0.6 is 0 Å². The molecule has 0 bridgehead atoms. The van der Waals surface area contributed by atoms with Crippen LogP contribution in [0.15, 0.2) is 23.3 Å². The van der Waals surface area contributed by atoms with Crippen molar-refractivity contribution in [3.63, 3.8) is 0 Å². The quantitative estimate of drug-likeness (QED) is 0.197. The maximum atomic E-state index is 9.36. The summed E-state index contributed by atoms with van der Waals surface area (Å²) in [6.07, 6.45) is 12.9. The SMILES string of the molecule is C#CC[C@H]1O[C@@H](/C(C)=C\CCO)[C@@H]2[C@@H]([C@H](C)CO[Si](C(C)C)(C(C)C)C(C)C)CC=C(C)[C@@H]21. The third-order valence-corrected chi connectivity index (χ3v) is 14.7. The normalized spacial score (nSPS) is 29.4. The predicted octanol–water partition coefficient (Wildman–Crippen LogP) is 7.13. The molecule has 2 aliphatic rings. The van der Waals surface area contributed by atoms with Gasteiger partial charge in [0.1, 0.15) is 0 Å². The third-order valence-electron chi connectivity index (χ3n) is 8.62. The Balaban J connectivity index is 2.33. The highest BCUT2D eigenvalue weighted by Crippen LogP contribution is 2.51. The summed E-state index contributed by atoms with van der Waals surface area (Å²) in [7, 11) is -1.90. The number of hydrogen-bond donors (Lipinski definition) is 1. The Bertz CT molecular complexity index is 708. The van der Waals surface area contributed by atoms with Crippen LogP contribution in [0.4, 0.5) is 0 Å². The molecule has 0 amide bonds. The van der Waals surface area contributed by atoms with Crippen LogP contribution < -0.4 is 0 Å². The van der Waals surface area contributed by atoms with Crippen molar-refractivity contribution in [1.82, 2.24) is 0 Å². The molecule has 33 heavy (non-hydrogen) atoms. The fraction of sp³-hybridized carbons (Fsp3) is 0.793. The van der Waals surface area contributed by atoms with Gasteiger partial charge in [-0.2, -0.15) is 0 Å². The Kier molecular flexibility index (Phi) is 10.5. The Hall–Kier alpha value is -0.863. The van der Waals surface area contributed by atoms with E-state index < -0.39 is 8.32 Å². The molecule has 0 unspecified atom stereocenters. The standard InChI is InChI=1S/C29H50O3Si/c1-11-13-26-27-22(8)15-16-25(28(27)29(32-26)23(9)14-12-17-30)24(10)18-31-33(19(2)3,20(4)5)21(6)7/h1,14-15,19-21,24-30H,12-13,16-18H2,2-10H3/b23-14-/t24-,25-,26-,27-,28-,29+/m1/s1. The lowest BCUT2D eigenvalue weighted by Crippen LogP contribution is -2.49. The smallest absolute Gasteiger partial charge is 0.200 e. The Morgan fingerprint density at radius 1 is 1.21 bits per heavy atom. The summed E-state index contributed by atoms with van der Waals surface area (Å²) in [5.74, 6) is 4.59. The number of ether oxygens (including phenoxy) is 1. The second-order valence-corrected chi connectivity index (χ2v) is 17.0. The summed E-state index contributed by atoms with van der Waals surface area (Å²) in [5, 5.41) is 9.36. The minimum absolute atomic E-state index is 0.0679. The van der Waals surface area contributed by atoms with E-state index in [9.17, 15) is 5.11 Å². The van der Waals surface area contributed by atoms with Crippen molar-refractivity contribution in [1.29, 1.82) is 0 Å². The maximum Gasteiger partial charge on any atom is 0.200 e. The highest BCUT2D eigenvalue weighted by molar-refractivity contribution is 6.77.